The highest BCUT2D eigenvalue weighted by Gasteiger charge is 2.28. The monoisotopic (exact) mass is 280 g/mol. The third-order valence-corrected chi connectivity index (χ3v) is 3.31. The summed E-state index contributed by atoms with van der Waals surface area (Å²) in [7, 11) is 1.74. The summed E-state index contributed by atoms with van der Waals surface area (Å²) in [6.45, 7) is 3.29. The van der Waals surface area contributed by atoms with Gasteiger partial charge in [0.2, 0.25) is 0 Å². The molecule has 0 saturated carbocycles. The second-order valence-corrected chi connectivity index (χ2v) is 4.63. The van der Waals surface area contributed by atoms with Gasteiger partial charge in [0, 0.05) is 32.0 Å². The Morgan fingerprint density at radius 2 is 2.55 bits per heavy atom. The number of carbonyl (C=O) groups excluding carboxylic acids is 1. The van der Waals surface area contributed by atoms with Gasteiger partial charge in [0.25, 0.3) is 0 Å². The van der Waals surface area contributed by atoms with Crippen molar-refractivity contribution in [3.05, 3.63) is 11.8 Å². The zero-order chi connectivity index (χ0) is 14.5. The molecular formula is C13H20N4O3. The molecule has 1 aliphatic rings. The van der Waals surface area contributed by atoms with Crippen molar-refractivity contribution in [3.8, 4) is 0 Å². The number of hydrogen-bond donors (Lipinski definition) is 1. The number of aromatic nitrogens is 2. The Balaban J connectivity index is 2.23. The Hall–Kier alpha value is -1.89. The lowest BCUT2D eigenvalue weighted by Gasteiger charge is -2.29. The topological polar surface area (TPSA) is 91.7 Å². The number of esters is 1. The highest BCUT2D eigenvalue weighted by molar-refractivity contribution is 5.93. The maximum absolute atomic E-state index is 11.8. The van der Waals surface area contributed by atoms with Crippen LogP contribution in [0.25, 0.3) is 0 Å². The molecule has 0 unspecified atom stereocenters. The predicted molar refractivity (Wildman–Crippen MR) is 75.0 cm³/mol. The Kier molecular flexibility index (Phi) is 4.73. The van der Waals surface area contributed by atoms with Crippen LogP contribution in [-0.2, 0) is 9.47 Å². The minimum absolute atomic E-state index is 0.00192. The van der Waals surface area contributed by atoms with Crippen molar-refractivity contribution in [1.82, 2.24) is 9.78 Å². The van der Waals surface area contributed by atoms with E-state index in [9.17, 15) is 4.79 Å². The third kappa shape index (κ3) is 2.98. The third-order valence-electron chi connectivity index (χ3n) is 3.31. The second kappa shape index (κ2) is 6.51. The number of nitrogen functional groups attached to an aromatic ring is 1. The molecule has 1 aromatic heterocycles. The van der Waals surface area contributed by atoms with Crippen LogP contribution in [0, 0.1) is 5.92 Å². The van der Waals surface area contributed by atoms with Crippen molar-refractivity contribution >= 4 is 18.0 Å². The van der Waals surface area contributed by atoms with Crippen molar-refractivity contribution in [2.24, 2.45) is 10.9 Å². The van der Waals surface area contributed by atoms with Gasteiger partial charge in [-0.25, -0.2) is 4.79 Å². The van der Waals surface area contributed by atoms with Gasteiger partial charge < -0.3 is 20.2 Å². The summed E-state index contributed by atoms with van der Waals surface area (Å²) in [6.07, 6.45) is 4.40. The zero-order valence-corrected chi connectivity index (χ0v) is 11.8. The van der Waals surface area contributed by atoms with Crippen LogP contribution in [0.15, 0.2) is 11.2 Å². The minimum Gasteiger partial charge on any atom is -0.462 e. The van der Waals surface area contributed by atoms with Crippen LogP contribution in [0.2, 0.25) is 0 Å². The lowest BCUT2D eigenvalue weighted by atomic mass is 9.96. The molecule has 0 bridgehead atoms. The van der Waals surface area contributed by atoms with E-state index in [0.29, 0.717) is 25.4 Å². The van der Waals surface area contributed by atoms with Crippen molar-refractivity contribution in [2.45, 2.75) is 19.4 Å². The number of aliphatic imine (C=N–C) groups is 1. The average Bonchev–Trinajstić information content (AvgIpc) is 2.82. The summed E-state index contributed by atoms with van der Waals surface area (Å²) in [5.74, 6) is -0.0435. The van der Waals surface area contributed by atoms with Crippen LogP contribution in [0.3, 0.4) is 0 Å². The van der Waals surface area contributed by atoms with E-state index >= 15 is 0 Å². The quantitative estimate of drug-likeness (QED) is 0.654. The van der Waals surface area contributed by atoms with E-state index in [-0.39, 0.29) is 17.8 Å². The Labute approximate surface area is 117 Å². The van der Waals surface area contributed by atoms with Crippen molar-refractivity contribution < 1.29 is 14.3 Å². The summed E-state index contributed by atoms with van der Waals surface area (Å²) in [4.78, 5) is 15.8. The number of rotatable bonds is 4. The average molecular weight is 280 g/mol. The molecule has 1 aliphatic heterocycles. The first-order valence-electron chi connectivity index (χ1n) is 6.69. The van der Waals surface area contributed by atoms with Crippen LogP contribution < -0.4 is 5.73 Å². The molecular weight excluding hydrogens is 260 g/mol. The molecule has 0 spiro atoms. The number of hydrogen-bond acceptors (Lipinski definition) is 6. The SMILES string of the molecule is CCOC(=O)c1cn([C@H]2COCC[C@@H]2C=NC)nc1N. The first-order valence-corrected chi connectivity index (χ1v) is 6.69. The van der Waals surface area contributed by atoms with Gasteiger partial charge in [-0.15, -0.1) is 0 Å². The fraction of sp³-hybridized carbons (Fsp3) is 0.615. The molecule has 20 heavy (non-hydrogen) atoms. The second-order valence-electron chi connectivity index (χ2n) is 4.63. The van der Waals surface area contributed by atoms with Gasteiger partial charge in [-0.3, -0.25) is 4.68 Å². The summed E-state index contributed by atoms with van der Waals surface area (Å²) in [5.41, 5.74) is 6.09. The summed E-state index contributed by atoms with van der Waals surface area (Å²) >= 11 is 0. The Morgan fingerprint density at radius 3 is 3.25 bits per heavy atom. The number of nitrogens with zero attached hydrogens (tertiary/aromatic N) is 3. The van der Waals surface area contributed by atoms with E-state index in [2.05, 4.69) is 10.1 Å². The van der Waals surface area contributed by atoms with E-state index in [1.807, 2.05) is 6.21 Å². The molecule has 7 heteroatoms. The fourth-order valence-corrected chi connectivity index (χ4v) is 2.32. The molecule has 1 fully saturated rings. The lowest BCUT2D eigenvalue weighted by molar-refractivity contribution is 0.0383. The first-order chi connectivity index (χ1) is 9.67. The van der Waals surface area contributed by atoms with E-state index in [1.54, 1.807) is 24.9 Å². The van der Waals surface area contributed by atoms with Crippen molar-refractivity contribution in [3.63, 3.8) is 0 Å². The molecule has 2 rings (SSSR count). The standard InChI is InChI=1S/C13H20N4O3/c1-3-20-13(18)10-7-17(16-12(10)14)11-8-19-5-4-9(11)6-15-2/h6-7,9,11H,3-5,8H2,1-2H3,(H2,14,16)/t9-,11+/m1/s1. The van der Waals surface area contributed by atoms with Crippen molar-refractivity contribution in [2.75, 3.05) is 32.6 Å². The molecule has 2 heterocycles. The Morgan fingerprint density at radius 1 is 1.75 bits per heavy atom. The van der Waals surface area contributed by atoms with Gasteiger partial charge in [0.1, 0.15) is 5.56 Å². The normalized spacial score (nSPS) is 23.1. The number of nitrogens with two attached hydrogens (primary N) is 1. The molecule has 0 amide bonds. The van der Waals surface area contributed by atoms with Crippen LogP contribution in [-0.4, -0.2) is 48.8 Å². The van der Waals surface area contributed by atoms with E-state index in [1.165, 1.54) is 0 Å². The molecule has 0 aromatic carbocycles. The lowest BCUT2D eigenvalue weighted by Crippen LogP contribution is -2.31. The fourth-order valence-electron chi connectivity index (χ4n) is 2.32. The van der Waals surface area contributed by atoms with Gasteiger partial charge in [0.05, 0.1) is 19.3 Å². The zero-order valence-electron chi connectivity index (χ0n) is 11.8. The molecule has 7 nitrogen and oxygen atoms in total. The minimum atomic E-state index is -0.450. The predicted octanol–water partition coefficient (Wildman–Crippen LogP) is 0.920. The molecule has 2 atom stereocenters. The van der Waals surface area contributed by atoms with Crippen LogP contribution in [0.4, 0.5) is 5.82 Å². The molecule has 0 radical (unpaired) electrons. The molecule has 0 aliphatic carbocycles. The Bertz CT molecular complexity index is 498. The maximum atomic E-state index is 11.8. The van der Waals surface area contributed by atoms with Crippen LogP contribution >= 0.6 is 0 Å². The largest absolute Gasteiger partial charge is 0.462 e. The molecule has 1 aromatic rings. The summed E-state index contributed by atoms with van der Waals surface area (Å²) in [5, 5.41) is 4.22. The number of carbonyl (C=O) groups is 1. The summed E-state index contributed by atoms with van der Waals surface area (Å²) < 4.78 is 12.1. The van der Waals surface area contributed by atoms with E-state index in [0.717, 1.165) is 6.42 Å². The molecule has 2 N–H and O–H groups in total. The van der Waals surface area contributed by atoms with Gasteiger partial charge in [-0.05, 0) is 13.3 Å². The number of anilines is 1. The number of ether oxygens (including phenoxy) is 2. The van der Waals surface area contributed by atoms with Gasteiger partial charge in [-0.1, -0.05) is 0 Å². The highest BCUT2D eigenvalue weighted by Crippen LogP contribution is 2.26. The molecule has 1 saturated heterocycles. The summed E-state index contributed by atoms with van der Waals surface area (Å²) in [6, 6.07) is -0.00192. The van der Waals surface area contributed by atoms with Gasteiger partial charge in [0.15, 0.2) is 5.82 Å². The highest BCUT2D eigenvalue weighted by atomic mass is 16.5. The van der Waals surface area contributed by atoms with Crippen molar-refractivity contribution in [1.29, 1.82) is 0 Å². The maximum Gasteiger partial charge on any atom is 0.343 e. The van der Waals surface area contributed by atoms with E-state index in [4.69, 9.17) is 15.2 Å². The van der Waals surface area contributed by atoms with Gasteiger partial charge in [-0.2, -0.15) is 5.10 Å². The first kappa shape index (κ1) is 14.5. The molecule has 110 valence electrons. The van der Waals surface area contributed by atoms with E-state index < -0.39 is 5.97 Å². The van der Waals surface area contributed by atoms with Gasteiger partial charge >= 0.3 is 5.97 Å². The smallest absolute Gasteiger partial charge is 0.343 e. The van der Waals surface area contributed by atoms with Crippen LogP contribution in [0.1, 0.15) is 29.7 Å². The van der Waals surface area contributed by atoms with Crippen LogP contribution in [0.5, 0.6) is 0 Å².